The summed E-state index contributed by atoms with van der Waals surface area (Å²) in [4.78, 5) is 0. The summed E-state index contributed by atoms with van der Waals surface area (Å²) in [6.45, 7) is 0.696. The molecule has 1 heterocycles. The third-order valence-electron chi connectivity index (χ3n) is 1.28. The molecule has 1 unspecified atom stereocenters. The zero-order chi connectivity index (χ0) is 8.27. The van der Waals surface area contributed by atoms with Gasteiger partial charge in [0.1, 0.15) is 6.10 Å². The van der Waals surface area contributed by atoms with E-state index in [4.69, 9.17) is 21.1 Å². The van der Waals surface area contributed by atoms with E-state index in [9.17, 15) is 8.78 Å². The molecule has 1 rings (SSSR count). The molecule has 0 saturated carbocycles. The first-order chi connectivity index (χ1) is 5.22. The molecule has 1 saturated heterocycles. The van der Waals surface area contributed by atoms with Crippen LogP contribution in [-0.2, 0) is 9.47 Å². The SMILES string of the molecule is F/C(Cl)=C(/F)C1COCCO1. The van der Waals surface area contributed by atoms with Crippen LogP contribution in [0.15, 0.2) is 11.1 Å². The van der Waals surface area contributed by atoms with Crippen molar-refractivity contribution in [3.8, 4) is 0 Å². The molecule has 1 aliphatic heterocycles. The summed E-state index contributed by atoms with van der Waals surface area (Å²) in [5, 5.41) is -1.36. The number of rotatable bonds is 1. The van der Waals surface area contributed by atoms with Crippen molar-refractivity contribution < 1.29 is 18.3 Å². The van der Waals surface area contributed by atoms with Crippen LogP contribution in [0.2, 0.25) is 0 Å². The second-order valence-corrected chi connectivity index (χ2v) is 2.37. The summed E-state index contributed by atoms with van der Waals surface area (Å²) in [6, 6.07) is 0. The molecule has 0 amide bonds. The lowest BCUT2D eigenvalue weighted by Gasteiger charge is -2.20. The summed E-state index contributed by atoms with van der Waals surface area (Å²) < 4.78 is 34.2. The maximum absolute atomic E-state index is 12.6. The van der Waals surface area contributed by atoms with Gasteiger partial charge in [0.25, 0.3) is 0 Å². The molecule has 1 fully saturated rings. The number of hydrogen-bond donors (Lipinski definition) is 0. The smallest absolute Gasteiger partial charge is 0.223 e. The third kappa shape index (κ3) is 2.39. The molecule has 5 heteroatoms. The lowest BCUT2D eigenvalue weighted by atomic mass is 10.3. The Morgan fingerprint density at radius 3 is 2.55 bits per heavy atom. The first-order valence-electron chi connectivity index (χ1n) is 3.12. The molecule has 0 aromatic rings. The van der Waals surface area contributed by atoms with Crippen LogP contribution in [0, 0.1) is 0 Å². The quantitative estimate of drug-likeness (QED) is 0.618. The highest BCUT2D eigenvalue weighted by Gasteiger charge is 2.22. The molecule has 0 bridgehead atoms. The Hall–Kier alpha value is -0.190. The first-order valence-corrected chi connectivity index (χ1v) is 3.49. The van der Waals surface area contributed by atoms with Crippen molar-refractivity contribution in [1.29, 1.82) is 0 Å². The average molecular weight is 185 g/mol. The Kier molecular flexibility index (Phi) is 3.23. The summed E-state index contributed by atoms with van der Waals surface area (Å²) in [5.74, 6) is -1.09. The van der Waals surface area contributed by atoms with Gasteiger partial charge in [-0.1, -0.05) is 0 Å². The molecule has 0 N–H and O–H groups in total. The molecule has 1 atom stereocenters. The Morgan fingerprint density at radius 2 is 2.09 bits per heavy atom. The van der Waals surface area contributed by atoms with Gasteiger partial charge >= 0.3 is 0 Å². The van der Waals surface area contributed by atoms with E-state index >= 15 is 0 Å². The van der Waals surface area contributed by atoms with Crippen molar-refractivity contribution in [3.63, 3.8) is 0 Å². The van der Waals surface area contributed by atoms with Gasteiger partial charge in [-0.05, 0) is 11.6 Å². The molecule has 11 heavy (non-hydrogen) atoms. The number of halogens is 3. The Labute approximate surface area is 67.7 Å². The first kappa shape index (κ1) is 8.90. The fourth-order valence-electron chi connectivity index (χ4n) is 0.756. The molecule has 0 spiro atoms. The minimum Gasteiger partial charge on any atom is -0.376 e. The van der Waals surface area contributed by atoms with Gasteiger partial charge in [0.15, 0.2) is 5.83 Å². The van der Waals surface area contributed by atoms with Crippen molar-refractivity contribution in [3.05, 3.63) is 11.1 Å². The van der Waals surface area contributed by atoms with Crippen LogP contribution < -0.4 is 0 Å². The normalized spacial score (nSPS) is 28.1. The highest BCUT2D eigenvalue weighted by atomic mass is 35.5. The van der Waals surface area contributed by atoms with E-state index in [1.54, 1.807) is 0 Å². The topological polar surface area (TPSA) is 18.5 Å². The van der Waals surface area contributed by atoms with E-state index in [2.05, 4.69) is 0 Å². The van der Waals surface area contributed by atoms with Gasteiger partial charge in [-0.2, -0.15) is 4.39 Å². The fraction of sp³-hybridized carbons (Fsp3) is 0.667. The predicted molar refractivity (Wildman–Crippen MR) is 35.7 cm³/mol. The lowest BCUT2D eigenvalue weighted by molar-refractivity contribution is -0.0802. The molecule has 0 aliphatic carbocycles. The summed E-state index contributed by atoms with van der Waals surface area (Å²) in [6.07, 6.45) is -0.971. The van der Waals surface area contributed by atoms with E-state index < -0.39 is 17.2 Å². The maximum atomic E-state index is 12.6. The van der Waals surface area contributed by atoms with Gasteiger partial charge in [0.05, 0.1) is 19.8 Å². The van der Waals surface area contributed by atoms with Crippen LogP contribution in [0.1, 0.15) is 0 Å². The van der Waals surface area contributed by atoms with Crippen LogP contribution in [0.3, 0.4) is 0 Å². The number of hydrogen-bond acceptors (Lipinski definition) is 2. The summed E-state index contributed by atoms with van der Waals surface area (Å²) >= 11 is 4.76. The maximum Gasteiger partial charge on any atom is 0.223 e. The Balaban J connectivity index is 2.52. The highest BCUT2D eigenvalue weighted by molar-refractivity contribution is 6.28. The van der Waals surface area contributed by atoms with Crippen molar-refractivity contribution in [2.75, 3.05) is 19.8 Å². The van der Waals surface area contributed by atoms with Gasteiger partial charge < -0.3 is 9.47 Å². The zero-order valence-electron chi connectivity index (χ0n) is 5.65. The van der Waals surface area contributed by atoms with E-state index in [1.165, 1.54) is 0 Å². The minimum absolute atomic E-state index is 0.0198. The van der Waals surface area contributed by atoms with Crippen molar-refractivity contribution in [2.24, 2.45) is 0 Å². The monoisotopic (exact) mass is 184 g/mol. The standard InChI is InChI=1S/C6H7ClF2O2/c7-6(9)5(8)4-3-10-1-2-11-4/h4H,1-3H2/b6-5+. The van der Waals surface area contributed by atoms with E-state index in [-0.39, 0.29) is 13.2 Å². The van der Waals surface area contributed by atoms with Gasteiger partial charge in [-0.25, -0.2) is 4.39 Å². The van der Waals surface area contributed by atoms with E-state index in [0.29, 0.717) is 6.61 Å². The van der Waals surface area contributed by atoms with Crippen LogP contribution in [0.4, 0.5) is 8.78 Å². The number of ether oxygens (including phenoxy) is 2. The molecular weight excluding hydrogens is 178 g/mol. The second-order valence-electron chi connectivity index (χ2n) is 2.04. The van der Waals surface area contributed by atoms with Crippen molar-refractivity contribution in [1.82, 2.24) is 0 Å². The van der Waals surface area contributed by atoms with Gasteiger partial charge in [-0.15, -0.1) is 0 Å². The van der Waals surface area contributed by atoms with Crippen molar-refractivity contribution >= 4 is 11.6 Å². The van der Waals surface area contributed by atoms with Crippen LogP contribution in [0.5, 0.6) is 0 Å². The van der Waals surface area contributed by atoms with Crippen LogP contribution >= 0.6 is 11.6 Å². The minimum atomic E-state index is -1.36. The van der Waals surface area contributed by atoms with Gasteiger partial charge in [-0.3, -0.25) is 0 Å². The molecule has 1 aliphatic rings. The predicted octanol–water partition coefficient (Wildman–Crippen LogP) is 1.75. The Morgan fingerprint density at radius 1 is 1.36 bits per heavy atom. The molecule has 64 valence electrons. The fourth-order valence-corrected chi connectivity index (χ4v) is 0.877. The van der Waals surface area contributed by atoms with E-state index in [0.717, 1.165) is 0 Å². The highest BCUT2D eigenvalue weighted by Crippen LogP contribution is 2.20. The average Bonchev–Trinajstić information content (AvgIpc) is 2.05. The largest absolute Gasteiger partial charge is 0.376 e. The zero-order valence-corrected chi connectivity index (χ0v) is 6.40. The van der Waals surface area contributed by atoms with Crippen LogP contribution in [0.25, 0.3) is 0 Å². The van der Waals surface area contributed by atoms with Crippen LogP contribution in [-0.4, -0.2) is 25.9 Å². The Bertz CT molecular complexity index is 162. The molecular formula is C6H7ClF2O2. The lowest BCUT2D eigenvalue weighted by Crippen LogP contribution is -2.29. The molecule has 2 nitrogen and oxygen atoms in total. The summed E-state index contributed by atoms with van der Waals surface area (Å²) in [5.41, 5.74) is 0. The van der Waals surface area contributed by atoms with Gasteiger partial charge in [0, 0.05) is 0 Å². The summed E-state index contributed by atoms with van der Waals surface area (Å²) in [7, 11) is 0. The second kappa shape index (κ2) is 3.99. The third-order valence-corrected chi connectivity index (χ3v) is 1.46. The molecule has 0 radical (unpaired) electrons. The molecule has 0 aromatic heterocycles. The van der Waals surface area contributed by atoms with E-state index in [1.807, 2.05) is 0 Å². The van der Waals surface area contributed by atoms with Crippen molar-refractivity contribution in [2.45, 2.75) is 6.10 Å². The molecule has 0 aromatic carbocycles. The van der Waals surface area contributed by atoms with Gasteiger partial charge in [0.2, 0.25) is 5.29 Å².